The smallest absolute Gasteiger partial charge is 0.222 e. The van der Waals surface area contributed by atoms with E-state index in [-0.39, 0.29) is 0 Å². The Morgan fingerprint density at radius 2 is 2.23 bits per heavy atom. The van der Waals surface area contributed by atoms with Gasteiger partial charge in [0.05, 0.1) is 13.2 Å². The largest absolute Gasteiger partial charge is 0.380 e. The number of hydrogen-bond donors (Lipinski definition) is 1. The third-order valence-electron chi connectivity index (χ3n) is 4.34. The van der Waals surface area contributed by atoms with E-state index in [9.17, 15) is 0 Å². The van der Waals surface area contributed by atoms with E-state index in [1.54, 1.807) is 18.5 Å². The van der Waals surface area contributed by atoms with Crippen LogP contribution in [0.4, 0.5) is 5.95 Å². The van der Waals surface area contributed by atoms with Crippen molar-refractivity contribution in [2.75, 3.05) is 25.1 Å². The van der Waals surface area contributed by atoms with Crippen molar-refractivity contribution in [3.05, 3.63) is 35.5 Å². The first-order chi connectivity index (χ1) is 10.9. The highest BCUT2D eigenvalue weighted by atomic mass is 16.5. The average molecular weight is 301 g/mol. The van der Waals surface area contributed by atoms with Gasteiger partial charge < -0.3 is 14.6 Å². The summed E-state index contributed by atoms with van der Waals surface area (Å²) in [6.45, 7) is 4.20. The molecule has 0 radical (unpaired) electrons. The summed E-state index contributed by atoms with van der Waals surface area (Å²) in [4.78, 5) is 10.8. The summed E-state index contributed by atoms with van der Waals surface area (Å²) in [7, 11) is 0. The Morgan fingerprint density at radius 3 is 3.05 bits per heavy atom. The summed E-state index contributed by atoms with van der Waals surface area (Å²) in [5, 5.41) is 7.42. The molecule has 2 aliphatic heterocycles. The SMILES string of the molecule is c1cnc(NCc2noc3c2CN([C@@H]2CCOC2)CC3)nc1. The maximum atomic E-state index is 5.51. The lowest BCUT2D eigenvalue weighted by atomic mass is 10.0. The second kappa shape index (κ2) is 6.02. The van der Waals surface area contributed by atoms with Crippen LogP contribution in [0, 0.1) is 0 Å². The van der Waals surface area contributed by atoms with Crippen LogP contribution in [0.3, 0.4) is 0 Å². The predicted molar refractivity (Wildman–Crippen MR) is 79.2 cm³/mol. The lowest BCUT2D eigenvalue weighted by Crippen LogP contribution is -2.39. The van der Waals surface area contributed by atoms with Gasteiger partial charge in [-0.05, 0) is 12.5 Å². The highest BCUT2D eigenvalue weighted by Gasteiger charge is 2.30. The Bertz CT molecular complexity index is 624. The first-order valence-corrected chi connectivity index (χ1v) is 7.69. The van der Waals surface area contributed by atoms with Crippen LogP contribution < -0.4 is 5.32 Å². The number of hydrogen-bond acceptors (Lipinski definition) is 7. The van der Waals surface area contributed by atoms with E-state index in [2.05, 4.69) is 25.3 Å². The number of rotatable bonds is 4. The molecule has 0 spiro atoms. The molecule has 7 heteroatoms. The molecule has 4 rings (SSSR count). The summed E-state index contributed by atoms with van der Waals surface area (Å²) in [6.07, 6.45) is 5.47. The lowest BCUT2D eigenvalue weighted by Gasteiger charge is -2.30. The van der Waals surface area contributed by atoms with Crippen LogP contribution >= 0.6 is 0 Å². The molecule has 116 valence electrons. The van der Waals surface area contributed by atoms with Gasteiger partial charge in [0.1, 0.15) is 11.5 Å². The highest BCUT2D eigenvalue weighted by Crippen LogP contribution is 2.26. The number of nitrogens with zero attached hydrogens (tertiary/aromatic N) is 4. The molecule has 1 fully saturated rings. The molecule has 0 amide bonds. The van der Waals surface area contributed by atoms with E-state index >= 15 is 0 Å². The van der Waals surface area contributed by atoms with Crippen LogP contribution in [-0.4, -0.2) is 45.8 Å². The second-order valence-electron chi connectivity index (χ2n) is 5.69. The van der Waals surface area contributed by atoms with Gasteiger partial charge in [-0.3, -0.25) is 4.90 Å². The topological polar surface area (TPSA) is 76.3 Å². The van der Waals surface area contributed by atoms with E-state index in [1.165, 1.54) is 5.56 Å². The molecule has 1 atom stereocenters. The monoisotopic (exact) mass is 301 g/mol. The van der Waals surface area contributed by atoms with Gasteiger partial charge in [0, 0.05) is 50.1 Å². The van der Waals surface area contributed by atoms with Gasteiger partial charge in [-0.2, -0.15) is 0 Å². The fourth-order valence-corrected chi connectivity index (χ4v) is 3.10. The molecule has 0 bridgehead atoms. The van der Waals surface area contributed by atoms with Crippen molar-refractivity contribution in [1.82, 2.24) is 20.0 Å². The van der Waals surface area contributed by atoms with Crippen molar-refractivity contribution < 1.29 is 9.26 Å². The second-order valence-corrected chi connectivity index (χ2v) is 5.69. The Kier molecular flexibility index (Phi) is 3.74. The molecule has 0 aromatic carbocycles. The van der Waals surface area contributed by atoms with Crippen molar-refractivity contribution in [2.45, 2.75) is 32.0 Å². The van der Waals surface area contributed by atoms with Gasteiger partial charge in [0.25, 0.3) is 0 Å². The molecule has 2 aromatic heterocycles. The van der Waals surface area contributed by atoms with E-state index in [4.69, 9.17) is 9.26 Å². The zero-order valence-corrected chi connectivity index (χ0v) is 12.4. The van der Waals surface area contributed by atoms with Crippen LogP contribution in [0.15, 0.2) is 23.0 Å². The van der Waals surface area contributed by atoms with E-state index in [0.717, 1.165) is 50.6 Å². The summed E-state index contributed by atoms with van der Waals surface area (Å²) in [5.74, 6) is 1.62. The Hall–Kier alpha value is -1.99. The molecule has 0 aliphatic carbocycles. The number of fused-ring (bicyclic) bond motifs is 1. The summed E-state index contributed by atoms with van der Waals surface area (Å²) in [5.41, 5.74) is 2.16. The minimum absolute atomic E-state index is 0.529. The molecule has 1 N–H and O–H groups in total. The van der Waals surface area contributed by atoms with Crippen molar-refractivity contribution in [3.63, 3.8) is 0 Å². The van der Waals surface area contributed by atoms with Gasteiger partial charge in [-0.15, -0.1) is 0 Å². The molecule has 22 heavy (non-hydrogen) atoms. The summed E-state index contributed by atoms with van der Waals surface area (Å²) in [6, 6.07) is 2.33. The maximum absolute atomic E-state index is 5.51. The van der Waals surface area contributed by atoms with Crippen LogP contribution in [0.1, 0.15) is 23.4 Å². The fraction of sp³-hybridized carbons (Fsp3) is 0.533. The number of aromatic nitrogens is 3. The van der Waals surface area contributed by atoms with Gasteiger partial charge >= 0.3 is 0 Å². The Balaban J connectivity index is 1.45. The molecule has 0 unspecified atom stereocenters. The average Bonchev–Trinajstić information content (AvgIpc) is 3.23. The van der Waals surface area contributed by atoms with Crippen LogP contribution in [0.2, 0.25) is 0 Å². The van der Waals surface area contributed by atoms with Gasteiger partial charge in [-0.25, -0.2) is 9.97 Å². The minimum atomic E-state index is 0.529. The molecular formula is C15H19N5O2. The van der Waals surface area contributed by atoms with Crippen molar-refractivity contribution in [1.29, 1.82) is 0 Å². The highest BCUT2D eigenvalue weighted by molar-refractivity contribution is 5.30. The van der Waals surface area contributed by atoms with E-state index in [1.807, 2.05) is 0 Å². The maximum Gasteiger partial charge on any atom is 0.222 e. The van der Waals surface area contributed by atoms with Gasteiger partial charge in [0.15, 0.2) is 0 Å². The first-order valence-electron chi connectivity index (χ1n) is 7.69. The summed E-state index contributed by atoms with van der Waals surface area (Å²) >= 11 is 0. The van der Waals surface area contributed by atoms with Gasteiger partial charge in [0.2, 0.25) is 5.95 Å². The van der Waals surface area contributed by atoms with Crippen molar-refractivity contribution in [2.24, 2.45) is 0 Å². The normalized spacial score (nSPS) is 21.7. The Morgan fingerprint density at radius 1 is 1.32 bits per heavy atom. The van der Waals surface area contributed by atoms with E-state index < -0.39 is 0 Å². The van der Waals surface area contributed by atoms with Crippen LogP contribution in [0.5, 0.6) is 0 Å². The zero-order chi connectivity index (χ0) is 14.8. The minimum Gasteiger partial charge on any atom is -0.380 e. The fourth-order valence-electron chi connectivity index (χ4n) is 3.10. The first kappa shape index (κ1) is 13.7. The van der Waals surface area contributed by atoms with Crippen LogP contribution in [0.25, 0.3) is 0 Å². The van der Waals surface area contributed by atoms with Crippen LogP contribution in [-0.2, 0) is 24.2 Å². The molecule has 7 nitrogen and oxygen atoms in total. The summed E-state index contributed by atoms with van der Waals surface area (Å²) < 4.78 is 11.0. The number of anilines is 1. The van der Waals surface area contributed by atoms with Gasteiger partial charge in [-0.1, -0.05) is 5.16 Å². The number of ether oxygens (including phenoxy) is 1. The lowest BCUT2D eigenvalue weighted by molar-refractivity contribution is 0.131. The standard InChI is InChI=1S/C15H19N5O2/c1-4-16-15(17-5-1)18-8-13-12-9-20(11-3-7-21-10-11)6-2-14(12)22-19-13/h1,4-5,11H,2-3,6-10H2,(H,16,17,18)/t11-/m1/s1. The third-order valence-corrected chi connectivity index (χ3v) is 4.34. The Labute approximate surface area is 128 Å². The van der Waals surface area contributed by atoms with Crippen molar-refractivity contribution >= 4 is 5.95 Å². The van der Waals surface area contributed by atoms with Crippen molar-refractivity contribution in [3.8, 4) is 0 Å². The number of nitrogens with one attached hydrogen (secondary N) is 1. The molecule has 0 saturated carbocycles. The molecule has 1 saturated heterocycles. The quantitative estimate of drug-likeness (QED) is 0.910. The molecular weight excluding hydrogens is 282 g/mol. The predicted octanol–water partition coefficient (Wildman–Crippen LogP) is 1.22. The molecule has 4 heterocycles. The third kappa shape index (κ3) is 2.69. The van der Waals surface area contributed by atoms with E-state index in [0.29, 0.717) is 18.5 Å². The molecule has 2 aliphatic rings. The zero-order valence-electron chi connectivity index (χ0n) is 12.4. The molecule has 2 aromatic rings.